The first-order chi connectivity index (χ1) is 10.5. The van der Waals surface area contributed by atoms with Crippen LogP contribution in [0.3, 0.4) is 0 Å². The number of carbonyl (C=O) groups excluding carboxylic acids is 2. The van der Waals surface area contributed by atoms with Gasteiger partial charge in [-0.25, -0.2) is 0 Å². The molecule has 1 atom stereocenters. The Morgan fingerprint density at radius 1 is 1.09 bits per heavy atom. The Hall–Kier alpha value is -2.82. The van der Waals surface area contributed by atoms with Crippen LogP contribution in [0.25, 0.3) is 0 Å². The summed E-state index contributed by atoms with van der Waals surface area (Å²) in [5.74, 6) is -0.205. The van der Waals surface area contributed by atoms with Gasteiger partial charge in [0.15, 0.2) is 6.10 Å². The van der Waals surface area contributed by atoms with Crippen LogP contribution >= 0.6 is 0 Å². The number of nitrogens with two attached hydrogens (primary N) is 1. The van der Waals surface area contributed by atoms with Crippen LogP contribution in [-0.2, 0) is 4.79 Å². The van der Waals surface area contributed by atoms with E-state index in [0.717, 1.165) is 0 Å². The first kappa shape index (κ1) is 15.6. The Morgan fingerprint density at radius 2 is 1.77 bits per heavy atom. The number of hydrogen-bond acceptors (Lipinski definition) is 3. The Bertz CT molecular complexity index is 684. The highest BCUT2D eigenvalue weighted by molar-refractivity contribution is 5.99. The molecule has 0 bridgehead atoms. The molecule has 0 saturated heterocycles. The number of anilines is 1. The molecule has 0 fully saturated rings. The zero-order valence-corrected chi connectivity index (χ0v) is 12.5. The van der Waals surface area contributed by atoms with E-state index in [1.165, 1.54) is 0 Å². The Morgan fingerprint density at radius 3 is 2.41 bits per heavy atom. The third kappa shape index (κ3) is 3.63. The Labute approximate surface area is 129 Å². The number of primary amides is 1. The Kier molecular flexibility index (Phi) is 4.78. The lowest BCUT2D eigenvalue weighted by Gasteiger charge is -2.16. The Balaban J connectivity index is 2.09. The van der Waals surface area contributed by atoms with Gasteiger partial charge in [-0.05, 0) is 43.7 Å². The summed E-state index contributed by atoms with van der Waals surface area (Å²) in [6.45, 7) is 3.40. The lowest BCUT2D eigenvalue weighted by atomic mass is 10.1. The van der Waals surface area contributed by atoms with Gasteiger partial charge in [0.2, 0.25) is 5.91 Å². The predicted octanol–water partition coefficient (Wildman–Crippen LogP) is 2.50. The van der Waals surface area contributed by atoms with Gasteiger partial charge >= 0.3 is 0 Å². The summed E-state index contributed by atoms with van der Waals surface area (Å²) in [4.78, 5) is 23.5. The van der Waals surface area contributed by atoms with Crippen molar-refractivity contribution in [1.29, 1.82) is 0 Å². The van der Waals surface area contributed by atoms with Gasteiger partial charge in [0, 0.05) is 11.3 Å². The molecular formula is C17H18N2O3. The highest BCUT2D eigenvalue weighted by Crippen LogP contribution is 2.19. The minimum atomic E-state index is -0.668. The minimum Gasteiger partial charge on any atom is -0.481 e. The molecule has 0 spiro atoms. The maximum absolute atomic E-state index is 12.2. The van der Waals surface area contributed by atoms with Crippen LogP contribution < -0.4 is 15.8 Å². The van der Waals surface area contributed by atoms with E-state index in [-0.39, 0.29) is 5.91 Å². The number of para-hydroxylation sites is 1. The van der Waals surface area contributed by atoms with Gasteiger partial charge in [-0.3, -0.25) is 9.59 Å². The molecule has 2 aromatic carbocycles. The fraction of sp³-hybridized carbons (Fsp3) is 0.176. The molecule has 114 valence electrons. The van der Waals surface area contributed by atoms with Crippen molar-refractivity contribution in [3.8, 4) is 5.75 Å². The summed E-state index contributed by atoms with van der Waals surface area (Å²) in [5, 5.41) is 2.75. The van der Waals surface area contributed by atoms with E-state index in [2.05, 4.69) is 5.32 Å². The van der Waals surface area contributed by atoms with Crippen molar-refractivity contribution in [2.24, 2.45) is 5.73 Å². The summed E-state index contributed by atoms with van der Waals surface area (Å²) >= 11 is 0. The second kappa shape index (κ2) is 6.76. The van der Waals surface area contributed by atoms with E-state index in [1.54, 1.807) is 44.2 Å². The second-order valence-electron chi connectivity index (χ2n) is 4.90. The predicted molar refractivity (Wildman–Crippen MR) is 84.9 cm³/mol. The third-order valence-corrected chi connectivity index (χ3v) is 3.28. The third-order valence-electron chi connectivity index (χ3n) is 3.28. The van der Waals surface area contributed by atoms with E-state index in [1.807, 2.05) is 18.2 Å². The van der Waals surface area contributed by atoms with Crippen molar-refractivity contribution in [2.75, 3.05) is 5.32 Å². The summed E-state index contributed by atoms with van der Waals surface area (Å²) in [6.07, 6.45) is -0.668. The number of hydrogen-bond donors (Lipinski definition) is 2. The molecule has 0 saturated carbocycles. The molecule has 2 aromatic rings. The fourth-order valence-electron chi connectivity index (χ4n) is 2.03. The zero-order chi connectivity index (χ0) is 16.1. The van der Waals surface area contributed by atoms with Crippen LogP contribution in [-0.4, -0.2) is 17.9 Å². The zero-order valence-electron chi connectivity index (χ0n) is 12.5. The molecule has 5 heteroatoms. The quantitative estimate of drug-likeness (QED) is 0.889. The normalized spacial score (nSPS) is 11.5. The van der Waals surface area contributed by atoms with Crippen molar-refractivity contribution in [2.45, 2.75) is 20.0 Å². The number of rotatable bonds is 5. The van der Waals surface area contributed by atoms with Gasteiger partial charge in [-0.2, -0.15) is 0 Å². The van der Waals surface area contributed by atoms with E-state index in [0.29, 0.717) is 22.6 Å². The van der Waals surface area contributed by atoms with Crippen LogP contribution in [0.15, 0.2) is 48.5 Å². The van der Waals surface area contributed by atoms with E-state index >= 15 is 0 Å². The maximum Gasteiger partial charge on any atom is 0.265 e. The lowest BCUT2D eigenvalue weighted by Crippen LogP contribution is -2.30. The van der Waals surface area contributed by atoms with Gasteiger partial charge in [0.05, 0.1) is 0 Å². The average Bonchev–Trinajstić information content (AvgIpc) is 2.50. The summed E-state index contributed by atoms with van der Waals surface area (Å²) in [7, 11) is 0. The molecular weight excluding hydrogens is 280 g/mol. The molecule has 0 aromatic heterocycles. The molecule has 5 nitrogen and oxygen atoms in total. The van der Waals surface area contributed by atoms with E-state index in [9.17, 15) is 9.59 Å². The molecule has 0 aliphatic rings. The molecule has 0 aliphatic heterocycles. The fourth-order valence-corrected chi connectivity index (χ4v) is 2.03. The molecule has 0 unspecified atom stereocenters. The highest BCUT2D eigenvalue weighted by Gasteiger charge is 2.17. The molecule has 0 heterocycles. The van der Waals surface area contributed by atoms with Gasteiger partial charge < -0.3 is 15.8 Å². The van der Waals surface area contributed by atoms with Crippen molar-refractivity contribution in [3.05, 3.63) is 59.7 Å². The van der Waals surface area contributed by atoms with Gasteiger partial charge in [-0.1, -0.05) is 24.3 Å². The minimum absolute atomic E-state index is 0.298. The second-order valence-corrected chi connectivity index (χ2v) is 4.90. The van der Waals surface area contributed by atoms with E-state index in [4.69, 9.17) is 10.5 Å². The van der Waals surface area contributed by atoms with Crippen LogP contribution in [0.1, 0.15) is 22.8 Å². The highest BCUT2D eigenvalue weighted by atomic mass is 16.5. The van der Waals surface area contributed by atoms with Crippen LogP contribution in [0, 0.1) is 6.92 Å². The topological polar surface area (TPSA) is 81.4 Å². The summed E-state index contributed by atoms with van der Waals surface area (Å²) in [6, 6.07) is 14.1. The number of nitrogens with one attached hydrogen (secondary N) is 1. The number of ether oxygens (including phenoxy) is 1. The molecule has 0 radical (unpaired) electrons. The lowest BCUT2D eigenvalue weighted by molar-refractivity contribution is -0.122. The number of carbonyl (C=O) groups is 2. The monoisotopic (exact) mass is 298 g/mol. The van der Waals surface area contributed by atoms with E-state index < -0.39 is 12.0 Å². The van der Waals surface area contributed by atoms with Crippen LogP contribution in [0.2, 0.25) is 0 Å². The van der Waals surface area contributed by atoms with Crippen LogP contribution in [0.5, 0.6) is 5.75 Å². The molecule has 3 N–H and O–H groups in total. The molecule has 2 amide bonds. The summed E-state index contributed by atoms with van der Waals surface area (Å²) < 4.78 is 5.56. The van der Waals surface area contributed by atoms with Crippen LogP contribution in [0.4, 0.5) is 5.69 Å². The largest absolute Gasteiger partial charge is 0.481 e. The van der Waals surface area contributed by atoms with Gasteiger partial charge in [-0.15, -0.1) is 0 Å². The van der Waals surface area contributed by atoms with Gasteiger partial charge in [0.1, 0.15) is 5.75 Å². The first-order valence-electron chi connectivity index (χ1n) is 6.91. The van der Waals surface area contributed by atoms with Crippen molar-refractivity contribution >= 4 is 17.5 Å². The standard InChI is InChI=1S/C17H18N2O3/c1-11-14(16(18)20)9-6-10-15(11)19-17(21)12(2)22-13-7-4-3-5-8-13/h3-10,12H,1-2H3,(H2,18,20)(H,19,21)/t12-/m0/s1. The molecule has 2 rings (SSSR count). The SMILES string of the molecule is Cc1c(NC(=O)[C@H](C)Oc2ccccc2)cccc1C(N)=O. The first-order valence-corrected chi connectivity index (χ1v) is 6.91. The smallest absolute Gasteiger partial charge is 0.265 e. The van der Waals surface area contributed by atoms with Gasteiger partial charge in [0.25, 0.3) is 5.91 Å². The summed E-state index contributed by atoms with van der Waals surface area (Å²) in [5.41, 5.74) is 6.86. The van der Waals surface area contributed by atoms with Crippen molar-refractivity contribution in [3.63, 3.8) is 0 Å². The maximum atomic E-state index is 12.2. The molecule has 22 heavy (non-hydrogen) atoms. The number of benzene rings is 2. The number of amides is 2. The average molecular weight is 298 g/mol. The molecule has 0 aliphatic carbocycles. The van der Waals surface area contributed by atoms with Crippen molar-refractivity contribution < 1.29 is 14.3 Å². The van der Waals surface area contributed by atoms with Crippen molar-refractivity contribution in [1.82, 2.24) is 0 Å².